The number of benzene rings is 1. The Morgan fingerprint density at radius 1 is 1.24 bits per heavy atom. The first kappa shape index (κ1) is 16.8. The van der Waals surface area contributed by atoms with Crippen molar-refractivity contribution in [2.45, 2.75) is 19.4 Å². The molecule has 0 saturated carbocycles. The summed E-state index contributed by atoms with van der Waals surface area (Å²) in [7, 11) is 0. The second-order valence-electron chi connectivity index (χ2n) is 5.33. The molecule has 3 N–H and O–H groups in total. The number of amides is 2. The van der Waals surface area contributed by atoms with Crippen molar-refractivity contribution in [1.29, 1.82) is 0 Å². The van der Waals surface area contributed by atoms with E-state index in [1.54, 1.807) is 18.2 Å². The molecule has 1 aromatic carbocycles. The molecule has 128 valence electrons. The third-order valence-electron chi connectivity index (χ3n) is 3.48. The van der Waals surface area contributed by atoms with Gasteiger partial charge in [0, 0.05) is 24.9 Å². The molecular weight excluding hydrogens is 340 g/mol. The third kappa shape index (κ3) is 4.51. The summed E-state index contributed by atoms with van der Waals surface area (Å²) < 4.78 is 5.16. The molecule has 0 saturated heterocycles. The number of primary amides is 1. The van der Waals surface area contributed by atoms with Gasteiger partial charge in [0.05, 0.1) is 4.88 Å². The summed E-state index contributed by atoms with van der Waals surface area (Å²) in [6.07, 6.45) is 0.604. The molecule has 0 aliphatic heterocycles. The van der Waals surface area contributed by atoms with Crippen molar-refractivity contribution in [1.82, 2.24) is 15.5 Å². The van der Waals surface area contributed by atoms with Crippen molar-refractivity contribution in [2.75, 3.05) is 0 Å². The zero-order valence-electron chi connectivity index (χ0n) is 13.3. The molecule has 2 aromatic heterocycles. The Balaban J connectivity index is 1.48. The lowest BCUT2D eigenvalue weighted by atomic mass is 10.1. The third-order valence-corrected chi connectivity index (χ3v) is 4.34. The molecule has 2 amide bonds. The zero-order valence-corrected chi connectivity index (χ0v) is 14.1. The summed E-state index contributed by atoms with van der Waals surface area (Å²) in [6.45, 7) is 0.324. The van der Waals surface area contributed by atoms with Crippen molar-refractivity contribution in [3.8, 4) is 10.7 Å². The molecule has 0 atom stereocenters. The number of thiophene rings is 1. The van der Waals surface area contributed by atoms with E-state index in [0.29, 0.717) is 30.2 Å². The predicted octanol–water partition coefficient (Wildman–Crippen LogP) is 2.15. The van der Waals surface area contributed by atoms with Crippen LogP contribution >= 0.6 is 11.3 Å². The molecule has 0 unspecified atom stereocenters. The van der Waals surface area contributed by atoms with E-state index in [1.807, 2.05) is 23.6 Å². The van der Waals surface area contributed by atoms with Crippen LogP contribution < -0.4 is 11.1 Å². The van der Waals surface area contributed by atoms with Gasteiger partial charge in [-0.2, -0.15) is 4.98 Å². The highest BCUT2D eigenvalue weighted by Crippen LogP contribution is 2.21. The smallest absolute Gasteiger partial charge is 0.248 e. The number of carbonyl (C=O) groups excluding carboxylic acids is 2. The molecule has 8 heteroatoms. The zero-order chi connectivity index (χ0) is 17.6. The van der Waals surface area contributed by atoms with E-state index in [1.165, 1.54) is 11.3 Å². The molecule has 3 aromatic rings. The molecule has 3 rings (SSSR count). The lowest BCUT2D eigenvalue weighted by Crippen LogP contribution is -2.23. The fraction of sp³-hybridized carbons (Fsp3) is 0.176. The van der Waals surface area contributed by atoms with Crippen molar-refractivity contribution in [3.63, 3.8) is 0 Å². The maximum absolute atomic E-state index is 12.0. The highest BCUT2D eigenvalue weighted by molar-refractivity contribution is 7.13. The van der Waals surface area contributed by atoms with Gasteiger partial charge in [0.25, 0.3) is 0 Å². The van der Waals surface area contributed by atoms with Crippen LogP contribution in [0.2, 0.25) is 0 Å². The average Bonchev–Trinajstić information content (AvgIpc) is 3.29. The predicted molar refractivity (Wildman–Crippen MR) is 92.7 cm³/mol. The van der Waals surface area contributed by atoms with Crippen LogP contribution in [0.25, 0.3) is 10.7 Å². The minimum absolute atomic E-state index is 0.139. The minimum Gasteiger partial charge on any atom is -0.366 e. The normalized spacial score (nSPS) is 10.6. The van der Waals surface area contributed by atoms with Crippen LogP contribution in [0, 0.1) is 0 Å². The van der Waals surface area contributed by atoms with Gasteiger partial charge >= 0.3 is 0 Å². The Bertz CT molecular complexity index is 874. The molecule has 0 radical (unpaired) electrons. The number of carbonyl (C=O) groups is 2. The Labute approximate surface area is 147 Å². The fourth-order valence-electron chi connectivity index (χ4n) is 2.21. The van der Waals surface area contributed by atoms with Gasteiger partial charge in [-0.15, -0.1) is 11.3 Å². The van der Waals surface area contributed by atoms with Crippen LogP contribution in [0.3, 0.4) is 0 Å². The lowest BCUT2D eigenvalue weighted by Gasteiger charge is -2.05. The van der Waals surface area contributed by atoms with Crippen molar-refractivity contribution >= 4 is 23.2 Å². The molecule has 0 aliphatic carbocycles. The number of nitrogens with one attached hydrogen (secondary N) is 1. The van der Waals surface area contributed by atoms with E-state index >= 15 is 0 Å². The van der Waals surface area contributed by atoms with Crippen LogP contribution in [0.4, 0.5) is 0 Å². The second kappa shape index (κ2) is 7.71. The highest BCUT2D eigenvalue weighted by atomic mass is 32.1. The van der Waals surface area contributed by atoms with Gasteiger partial charge in [-0.3, -0.25) is 9.59 Å². The van der Waals surface area contributed by atoms with Gasteiger partial charge in [-0.25, -0.2) is 0 Å². The van der Waals surface area contributed by atoms with Crippen LogP contribution in [0.15, 0.2) is 46.3 Å². The summed E-state index contributed by atoms with van der Waals surface area (Å²) in [5.74, 6) is 0.328. The summed E-state index contributed by atoms with van der Waals surface area (Å²) >= 11 is 1.53. The Morgan fingerprint density at radius 2 is 2.12 bits per heavy atom. The molecule has 0 aliphatic rings. The van der Waals surface area contributed by atoms with Gasteiger partial charge in [0.15, 0.2) is 0 Å². The van der Waals surface area contributed by atoms with Crippen LogP contribution in [-0.2, 0) is 17.8 Å². The van der Waals surface area contributed by atoms with Crippen LogP contribution in [-0.4, -0.2) is 22.0 Å². The number of nitrogens with zero attached hydrogens (tertiary/aromatic N) is 2. The number of hydrogen-bond acceptors (Lipinski definition) is 6. The quantitative estimate of drug-likeness (QED) is 0.674. The lowest BCUT2D eigenvalue weighted by molar-refractivity contribution is -0.121. The molecule has 2 heterocycles. The topological polar surface area (TPSA) is 111 Å². The van der Waals surface area contributed by atoms with Gasteiger partial charge in [-0.1, -0.05) is 23.4 Å². The molecule has 7 nitrogen and oxygen atoms in total. The van der Waals surface area contributed by atoms with E-state index in [0.717, 1.165) is 10.4 Å². The van der Waals surface area contributed by atoms with E-state index in [-0.39, 0.29) is 12.3 Å². The van der Waals surface area contributed by atoms with Gasteiger partial charge < -0.3 is 15.6 Å². The van der Waals surface area contributed by atoms with Crippen molar-refractivity contribution < 1.29 is 14.1 Å². The van der Waals surface area contributed by atoms with Crippen molar-refractivity contribution in [2.24, 2.45) is 5.73 Å². The van der Waals surface area contributed by atoms with Crippen LogP contribution in [0.1, 0.15) is 28.2 Å². The first-order valence-corrected chi connectivity index (χ1v) is 8.51. The summed E-state index contributed by atoms with van der Waals surface area (Å²) in [4.78, 5) is 28.3. The average molecular weight is 356 g/mol. The first-order chi connectivity index (χ1) is 12.1. The summed E-state index contributed by atoms with van der Waals surface area (Å²) in [5, 5.41) is 8.63. The fourth-order valence-corrected chi connectivity index (χ4v) is 2.86. The molecule has 25 heavy (non-hydrogen) atoms. The number of aromatic nitrogens is 2. The maximum Gasteiger partial charge on any atom is 0.248 e. The number of nitrogens with two attached hydrogens (primary N) is 1. The van der Waals surface area contributed by atoms with E-state index in [9.17, 15) is 9.59 Å². The number of aryl methyl sites for hydroxylation is 1. The molecule has 0 fully saturated rings. The Morgan fingerprint density at radius 3 is 2.88 bits per heavy atom. The van der Waals surface area contributed by atoms with Crippen molar-refractivity contribution in [3.05, 3.63) is 58.8 Å². The maximum atomic E-state index is 12.0. The Kier molecular flexibility index (Phi) is 5.20. The second-order valence-corrected chi connectivity index (χ2v) is 6.28. The van der Waals surface area contributed by atoms with E-state index < -0.39 is 5.91 Å². The standard InChI is InChI=1S/C17H16N4O3S/c18-16(23)12-4-1-3-11(9-12)10-19-14(22)6-7-15-20-17(21-24-15)13-5-2-8-25-13/h1-5,8-9H,6-7,10H2,(H2,18,23)(H,19,22). The minimum atomic E-state index is -0.494. The Hall–Kier alpha value is -3.00. The van der Waals surface area contributed by atoms with E-state index in [4.69, 9.17) is 10.3 Å². The monoisotopic (exact) mass is 356 g/mol. The van der Waals surface area contributed by atoms with Crippen LogP contribution in [0.5, 0.6) is 0 Å². The molecule has 0 bridgehead atoms. The number of hydrogen-bond donors (Lipinski definition) is 2. The van der Waals surface area contributed by atoms with Gasteiger partial charge in [-0.05, 0) is 29.1 Å². The molecule has 0 spiro atoms. The number of rotatable bonds is 7. The largest absolute Gasteiger partial charge is 0.366 e. The SMILES string of the molecule is NC(=O)c1cccc(CNC(=O)CCc2nc(-c3cccs3)no2)c1. The summed E-state index contributed by atoms with van der Waals surface area (Å²) in [5.41, 5.74) is 6.46. The van der Waals surface area contributed by atoms with E-state index in [2.05, 4.69) is 15.5 Å². The van der Waals surface area contributed by atoms with Gasteiger partial charge in [0.1, 0.15) is 0 Å². The summed E-state index contributed by atoms with van der Waals surface area (Å²) in [6, 6.07) is 10.7. The molecular formula is C17H16N4O3S. The highest BCUT2D eigenvalue weighted by Gasteiger charge is 2.11. The first-order valence-electron chi connectivity index (χ1n) is 7.64. The van der Waals surface area contributed by atoms with Gasteiger partial charge in [0.2, 0.25) is 23.5 Å².